The molecule has 1 saturated heterocycles. The van der Waals surface area contributed by atoms with Gasteiger partial charge in [-0.1, -0.05) is 0 Å². The lowest BCUT2D eigenvalue weighted by Crippen LogP contribution is -2.55. The summed E-state index contributed by atoms with van der Waals surface area (Å²) >= 11 is 0. The molecule has 1 amide bonds. The molecule has 13 heteroatoms. The Morgan fingerprint density at radius 3 is 2.76 bits per heavy atom. The normalized spacial score (nSPS) is 24.8. The Balaban J connectivity index is 1.66. The van der Waals surface area contributed by atoms with Crippen LogP contribution in [-0.4, -0.2) is 52.6 Å². The minimum atomic E-state index is -4.70. The number of hydrogen-bond donors (Lipinski definition) is 2. The molecule has 3 unspecified atom stereocenters. The molecule has 2 N–H and O–H groups in total. The maximum Gasteiger partial charge on any atom is 0.416 e. The number of pyridine rings is 1. The van der Waals surface area contributed by atoms with E-state index in [4.69, 9.17) is 0 Å². The Morgan fingerprint density at radius 2 is 2.00 bits per heavy atom. The van der Waals surface area contributed by atoms with Crippen LogP contribution in [0.5, 0.6) is 0 Å². The number of ether oxygens (including phenoxy) is 1. The first-order valence-electron chi connectivity index (χ1n) is 10.4. The maximum absolute atomic E-state index is 13.8. The van der Waals surface area contributed by atoms with Crippen molar-refractivity contribution in [2.24, 2.45) is 0 Å². The van der Waals surface area contributed by atoms with Gasteiger partial charge in [0.1, 0.15) is 23.7 Å². The summed E-state index contributed by atoms with van der Waals surface area (Å²) in [6.45, 7) is 1.04. The first-order valence-corrected chi connectivity index (χ1v) is 10.4. The Kier molecular flexibility index (Phi) is 5.30. The lowest BCUT2D eigenvalue weighted by molar-refractivity contribution is -0.137. The third-order valence-corrected chi connectivity index (χ3v) is 6.17. The lowest BCUT2D eigenvalue weighted by Gasteiger charge is -2.39. The molecule has 2 aromatic rings. The van der Waals surface area contributed by atoms with Crippen molar-refractivity contribution in [3.8, 4) is 11.4 Å². The number of aromatic nitrogens is 3. The largest absolute Gasteiger partial charge is 0.435 e. The molecule has 0 aromatic carbocycles. The minimum Gasteiger partial charge on any atom is -0.435 e. The maximum atomic E-state index is 13.8. The molecule has 1 saturated carbocycles. The standard InChI is InChI=1S/C20H19F5N6O2/c21-17(22)16-14-15(27-8-28-18(14)30-19(32)33-16)11-6-9(20(23,24)25)7-13(29-11)31-5-4-26-10-2-1-3-12(10)31/h6-8,10,12,16-17,26H,1-5H2,(H,27,28,30,32). The number of nitrogens with one attached hydrogen (secondary N) is 2. The molecule has 176 valence electrons. The van der Waals surface area contributed by atoms with E-state index in [1.165, 1.54) is 0 Å². The average molecular weight is 470 g/mol. The lowest BCUT2D eigenvalue weighted by atomic mass is 10.0. The van der Waals surface area contributed by atoms with Crippen molar-refractivity contribution in [1.82, 2.24) is 20.3 Å². The van der Waals surface area contributed by atoms with Gasteiger partial charge in [-0.25, -0.2) is 28.5 Å². The van der Waals surface area contributed by atoms with E-state index in [9.17, 15) is 26.7 Å². The van der Waals surface area contributed by atoms with E-state index in [1.54, 1.807) is 0 Å². The van der Waals surface area contributed by atoms with Crippen LogP contribution in [0.4, 0.5) is 38.4 Å². The van der Waals surface area contributed by atoms with Gasteiger partial charge < -0.3 is 15.0 Å². The predicted molar refractivity (Wildman–Crippen MR) is 106 cm³/mol. The molecular weight excluding hydrogens is 451 g/mol. The number of piperazine rings is 1. The number of rotatable bonds is 3. The smallest absolute Gasteiger partial charge is 0.416 e. The van der Waals surface area contributed by atoms with E-state index in [1.807, 2.05) is 4.90 Å². The van der Waals surface area contributed by atoms with E-state index >= 15 is 0 Å². The summed E-state index contributed by atoms with van der Waals surface area (Å²) in [5.74, 6) is -0.153. The van der Waals surface area contributed by atoms with Crippen LogP contribution in [0.3, 0.4) is 0 Å². The van der Waals surface area contributed by atoms with Crippen molar-refractivity contribution in [2.45, 2.75) is 50.1 Å². The van der Waals surface area contributed by atoms with Gasteiger partial charge in [0, 0.05) is 25.2 Å². The first-order chi connectivity index (χ1) is 15.7. The van der Waals surface area contributed by atoms with Gasteiger partial charge >= 0.3 is 12.3 Å². The van der Waals surface area contributed by atoms with Gasteiger partial charge in [0.15, 0.2) is 6.10 Å². The highest BCUT2D eigenvalue weighted by Gasteiger charge is 2.40. The summed E-state index contributed by atoms with van der Waals surface area (Å²) in [5, 5.41) is 5.58. The van der Waals surface area contributed by atoms with E-state index in [0.717, 1.165) is 37.7 Å². The number of anilines is 2. The summed E-state index contributed by atoms with van der Waals surface area (Å²) in [6.07, 6.45) is -7.38. The van der Waals surface area contributed by atoms with E-state index in [-0.39, 0.29) is 40.7 Å². The van der Waals surface area contributed by atoms with Gasteiger partial charge in [0.05, 0.1) is 16.8 Å². The number of carbonyl (C=O) groups is 1. The Morgan fingerprint density at radius 1 is 1.18 bits per heavy atom. The van der Waals surface area contributed by atoms with Crippen LogP contribution in [0, 0.1) is 0 Å². The van der Waals surface area contributed by atoms with Crippen molar-refractivity contribution in [3.63, 3.8) is 0 Å². The Labute approximate surface area is 184 Å². The second kappa shape index (κ2) is 8.04. The predicted octanol–water partition coefficient (Wildman–Crippen LogP) is 3.76. The van der Waals surface area contributed by atoms with Gasteiger partial charge in [0.25, 0.3) is 6.43 Å². The van der Waals surface area contributed by atoms with Gasteiger partial charge in [-0.05, 0) is 31.4 Å². The van der Waals surface area contributed by atoms with Crippen molar-refractivity contribution in [2.75, 3.05) is 23.3 Å². The average Bonchev–Trinajstić information content (AvgIpc) is 3.26. The second-order valence-corrected chi connectivity index (χ2v) is 8.12. The molecule has 33 heavy (non-hydrogen) atoms. The number of amides is 1. The van der Waals surface area contributed by atoms with E-state index < -0.39 is 30.4 Å². The highest BCUT2D eigenvalue weighted by molar-refractivity contribution is 5.88. The number of fused-ring (bicyclic) bond motifs is 2. The molecule has 4 heterocycles. The zero-order valence-corrected chi connectivity index (χ0v) is 17.1. The van der Waals surface area contributed by atoms with Crippen LogP contribution in [-0.2, 0) is 10.9 Å². The number of halogens is 5. The summed E-state index contributed by atoms with van der Waals surface area (Å²) in [6, 6.07) is 1.87. The minimum absolute atomic E-state index is 0.0154. The molecule has 2 aromatic heterocycles. The fourth-order valence-electron chi connectivity index (χ4n) is 4.77. The topological polar surface area (TPSA) is 92.3 Å². The summed E-state index contributed by atoms with van der Waals surface area (Å²) in [5.41, 5.74) is -1.80. The van der Waals surface area contributed by atoms with Crippen molar-refractivity contribution >= 4 is 17.7 Å². The van der Waals surface area contributed by atoms with Crippen LogP contribution in [0.15, 0.2) is 18.5 Å². The van der Waals surface area contributed by atoms with Crippen LogP contribution in [0.25, 0.3) is 11.4 Å². The van der Waals surface area contributed by atoms with Crippen molar-refractivity contribution in [1.29, 1.82) is 0 Å². The Hall–Kier alpha value is -3.09. The van der Waals surface area contributed by atoms with Gasteiger partial charge in [-0.15, -0.1) is 0 Å². The monoisotopic (exact) mass is 470 g/mol. The number of hydrogen-bond acceptors (Lipinski definition) is 7. The van der Waals surface area contributed by atoms with E-state index in [0.29, 0.717) is 13.1 Å². The fourth-order valence-corrected chi connectivity index (χ4v) is 4.77. The molecule has 3 atom stereocenters. The molecular formula is C20H19F5N6O2. The fraction of sp³-hybridized carbons (Fsp3) is 0.500. The number of alkyl halides is 5. The molecule has 1 aliphatic carbocycles. The highest BCUT2D eigenvalue weighted by atomic mass is 19.4. The third-order valence-electron chi connectivity index (χ3n) is 6.17. The zero-order chi connectivity index (χ0) is 23.3. The molecule has 3 aliphatic rings. The number of cyclic esters (lactones) is 1. The highest BCUT2D eigenvalue weighted by Crippen LogP contribution is 2.41. The van der Waals surface area contributed by atoms with E-state index in [2.05, 4.69) is 30.3 Å². The summed E-state index contributed by atoms with van der Waals surface area (Å²) in [4.78, 5) is 25.6. The summed E-state index contributed by atoms with van der Waals surface area (Å²) in [7, 11) is 0. The second-order valence-electron chi connectivity index (χ2n) is 8.12. The molecule has 8 nitrogen and oxygen atoms in total. The quantitative estimate of drug-likeness (QED) is 0.660. The van der Waals surface area contributed by atoms with Crippen molar-refractivity contribution < 1.29 is 31.5 Å². The molecule has 2 aliphatic heterocycles. The number of nitrogens with zero attached hydrogens (tertiary/aromatic N) is 4. The molecule has 2 fully saturated rings. The van der Waals surface area contributed by atoms with Gasteiger partial charge in [0.2, 0.25) is 0 Å². The zero-order valence-electron chi connectivity index (χ0n) is 17.1. The SMILES string of the molecule is O=C1Nc2ncnc(-c3cc(C(F)(F)F)cc(N4CCNC5CCCC54)n3)c2C(C(F)F)O1. The summed E-state index contributed by atoms with van der Waals surface area (Å²) < 4.78 is 73.4. The van der Waals surface area contributed by atoms with Crippen LogP contribution < -0.4 is 15.5 Å². The van der Waals surface area contributed by atoms with Crippen molar-refractivity contribution in [3.05, 3.63) is 29.6 Å². The van der Waals surface area contributed by atoms with Gasteiger partial charge in [-0.2, -0.15) is 13.2 Å². The van der Waals surface area contributed by atoms with Crippen LogP contribution >= 0.6 is 0 Å². The molecule has 0 spiro atoms. The molecule has 0 radical (unpaired) electrons. The first kappa shape index (κ1) is 21.7. The molecule has 5 rings (SSSR count). The van der Waals surface area contributed by atoms with Crippen LogP contribution in [0.2, 0.25) is 0 Å². The van der Waals surface area contributed by atoms with Gasteiger partial charge in [-0.3, -0.25) is 5.32 Å². The Bertz CT molecular complexity index is 1080. The van der Waals surface area contributed by atoms with Crippen LogP contribution in [0.1, 0.15) is 36.5 Å². The third kappa shape index (κ3) is 3.94. The molecule has 0 bridgehead atoms. The number of carbonyl (C=O) groups excluding carboxylic acids is 1.